The molecule has 1 unspecified atom stereocenters. The summed E-state index contributed by atoms with van der Waals surface area (Å²) in [6, 6.07) is 9.97. The predicted octanol–water partition coefficient (Wildman–Crippen LogP) is 1.25. The van der Waals surface area contributed by atoms with E-state index in [9.17, 15) is 18.0 Å². The first-order valence-corrected chi connectivity index (χ1v) is 9.58. The number of carbonyl (C=O) groups excluding carboxylic acids is 2. The van der Waals surface area contributed by atoms with Crippen LogP contribution in [-0.2, 0) is 9.84 Å². The first-order chi connectivity index (χ1) is 11.9. The van der Waals surface area contributed by atoms with Crippen LogP contribution in [0.1, 0.15) is 27.1 Å². The number of aromatic nitrogens is 1. The topological polar surface area (TPSA) is 105 Å². The molecule has 2 amide bonds. The molecule has 2 aromatic rings. The number of anilines is 1. The minimum atomic E-state index is -3.07. The Morgan fingerprint density at radius 1 is 1.04 bits per heavy atom. The lowest BCUT2D eigenvalue weighted by Gasteiger charge is -2.11. The molecule has 1 saturated heterocycles. The van der Waals surface area contributed by atoms with Crippen molar-refractivity contribution in [3.63, 3.8) is 0 Å². The molecule has 1 atom stereocenters. The molecule has 0 aliphatic carbocycles. The number of nitrogens with one attached hydrogen (secondary N) is 2. The average molecular weight is 359 g/mol. The third-order valence-electron chi connectivity index (χ3n) is 3.86. The van der Waals surface area contributed by atoms with Crippen molar-refractivity contribution in [1.29, 1.82) is 0 Å². The van der Waals surface area contributed by atoms with E-state index in [1.54, 1.807) is 24.3 Å². The van der Waals surface area contributed by atoms with Crippen molar-refractivity contribution in [1.82, 2.24) is 10.3 Å². The van der Waals surface area contributed by atoms with E-state index in [2.05, 4.69) is 15.6 Å². The summed E-state index contributed by atoms with van der Waals surface area (Å²) in [4.78, 5) is 28.5. The summed E-state index contributed by atoms with van der Waals surface area (Å²) in [6.45, 7) is 0. The van der Waals surface area contributed by atoms with Gasteiger partial charge in [-0.2, -0.15) is 0 Å². The van der Waals surface area contributed by atoms with Crippen LogP contribution in [0.2, 0.25) is 0 Å². The molecule has 3 rings (SSSR count). The highest BCUT2D eigenvalue weighted by atomic mass is 32.2. The molecule has 1 aliphatic heterocycles. The molecule has 130 valence electrons. The van der Waals surface area contributed by atoms with Gasteiger partial charge in [0.1, 0.15) is 0 Å². The van der Waals surface area contributed by atoms with Crippen molar-refractivity contribution < 1.29 is 18.0 Å². The minimum absolute atomic E-state index is 0.0552. The molecule has 0 spiro atoms. The Balaban J connectivity index is 1.68. The van der Waals surface area contributed by atoms with Gasteiger partial charge in [0, 0.05) is 24.1 Å². The van der Waals surface area contributed by atoms with Crippen molar-refractivity contribution in [2.75, 3.05) is 16.8 Å². The maximum absolute atomic E-state index is 12.3. The number of rotatable bonds is 4. The molecule has 1 aromatic heterocycles. The van der Waals surface area contributed by atoms with Gasteiger partial charge in [0.15, 0.2) is 9.84 Å². The van der Waals surface area contributed by atoms with Crippen molar-refractivity contribution in [3.05, 3.63) is 59.9 Å². The molecule has 1 fully saturated rings. The normalized spacial score (nSPS) is 18.5. The zero-order valence-electron chi connectivity index (χ0n) is 13.3. The van der Waals surface area contributed by atoms with Crippen molar-refractivity contribution in [3.8, 4) is 0 Å². The van der Waals surface area contributed by atoms with E-state index in [0.29, 0.717) is 12.1 Å². The van der Waals surface area contributed by atoms with Gasteiger partial charge in [-0.05, 0) is 24.6 Å². The molecule has 0 radical (unpaired) electrons. The molecule has 25 heavy (non-hydrogen) atoms. The summed E-state index contributed by atoms with van der Waals surface area (Å²) in [6.07, 6.45) is 3.11. The first-order valence-electron chi connectivity index (χ1n) is 7.76. The molecular weight excluding hydrogens is 342 g/mol. The quantitative estimate of drug-likeness (QED) is 0.855. The monoisotopic (exact) mass is 359 g/mol. The number of para-hydroxylation sites is 1. The molecule has 2 N–H and O–H groups in total. The fourth-order valence-electron chi connectivity index (χ4n) is 2.59. The van der Waals surface area contributed by atoms with Crippen molar-refractivity contribution in [2.45, 2.75) is 12.5 Å². The summed E-state index contributed by atoms with van der Waals surface area (Å²) in [5.41, 5.74) is 1.10. The van der Waals surface area contributed by atoms with Crippen LogP contribution < -0.4 is 10.6 Å². The van der Waals surface area contributed by atoms with Gasteiger partial charge < -0.3 is 10.6 Å². The van der Waals surface area contributed by atoms with E-state index in [4.69, 9.17) is 0 Å². The number of pyridine rings is 1. The van der Waals surface area contributed by atoms with Gasteiger partial charge in [0.05, 0.1) is 22.6 Å². The van der Waals surface area contributed by atoms with E-state index in [0.717, 1.165) is 0 Å². The summed E-state index contributed by atoms with van der Waals surface area (Å²) in [5, 5.41) is 5.40. The maximum atomic E-state index is 12.3. The van der Waals surface area contributed by atoms with Gasteiger partial charge in [-0.1, -0.05) is 18.2 Å². The van der Waals surface area contributed by atoms with Crippen LogP contribution in [0.5, 0.6) is 0 Å². The molecule has 8 heteroatoms. The van der Waals surface area contributed by atoms with Gasteiger partial charge in [0.2, 0.25) is 0 Å². The number of benzene rings is 1. The molecule has 1 aromatic carbocycles. The van der Waals surface area contributed by atoms with E-state index >= 15 is 0 Å². The summed E-state index contributed by atoms with van der Waals surface area (Å²) in [5.74, 6) is -0.795. The van der Waals surface area contributed by atoms with E-state index in [1.165, 1.54) is 18.5 Å². The third-order valence-corrected chi connectivity index (χ3v) is 5.63. The Bertz CT molecular complexity index is 897. The van der Waals surface area contributed by atoms with Crippen LogP contribution in [0, 0.1) is 0 Å². The number of sulfone groups is 1. The van der Waals surface area contributed by atoms with Gasteiger partial charge in [-0.15, -0.1) is 0 Å². The lowest BCUT2D eigenvalue weighted by Crippen LogP contribution is -2.35. The number of hydrogen-bond donors (Lipinski definition) is 2. The van der Waals surface area contributed by atoms with Crippen LogP contribution in [0.25, 0.3) is 0 Å². The molecular formula is C17H17N3O4S. The number of carbonyl (C=O) groups is 2. The maximum Gasteiger partial charge on any atom is 0.257 e. The van der Waals surface area contributed by atoms with E-state index in [1.807, 2.05) is 6.07 Å². The average Bonchev–Trinajstić information content (AvgIpc) is 2.94. The Morgan fingerprint density at radius 3 is 2.36 bits per heavy atom. The lowest BCUT2D eigenvalue weighted by atomic mass is 10.1. The van der Waals surface area contributed by atoms with Crippen LogP contribution in [0.15, 0.2) is 48.8 Å². The number of nitrogens with zero attached hydrogens (tertiary/aromatic N) is 1. The van der Waals surface area contributed by atoms with Crippen LogP contribution in [-0.4, -0.2) is 42.8 Å². The largest absolute Gasteiger partial charge is 0.348 e. The van der Waals surface area contributed by atoms with Gasteiger partial charge in [-0.3, -0.25) is 14.6 Å². The van der Waals surface area contributed by atoms with Gasteiger partial charge in [-0.25, -0.2) is 8.42 Å². The van der Waals surface area contributed by atoms with Gasteiger partial charge in [0.25, 0.3) is 11.8 Å². The first kappa shape index (κ1) is 17.1. The van der Waals surface area contributed by atoms with Crippen molar-refractivity contribution >= 4 is 27.3 Å². The fraction of sp³-hybridized carbons (Fsp3) is 0.235. The Labute approximate surface area is 145 Å². The molecule has 1 aliphatic rings. The SMILES string of the molecule is O=C(Nc1ccccc1)c1cncc(C(=O)NC2CCS(=O)(=O)C2)c1. The second kappa shape index (κ2) is 7.02. The van der Waals surface area contributed by atoms with E-state index < -0.39 is 21.8 Å². The van der Waals surface area contributed by atoms with Gasteiger partial charge >= 0.3 is 0 Å². The number of amides is 2. The van der Waals surface area contributed by atoms with Crippen molar-refractivity contribution in [2.24, 2.45) is 0 Å². The zero-order chi connectivity index (χ0) is 17.9. The summed E-state index contributed by atoms with van der Waals surface area (Å²) < 4.78 is 22.9. The van der Waals surface area contributed by atoms with Crippen LogP contribution in [0.3, 0.4) is 0 Å². The third kappa shape index (κ3) is 4.42. The highest BCUT2D eigenvalue weighted by Crippen LogP contribution is 2.13. The molecule has 0 bridgehead atoms. The minimum Gasteiger partial charge on any atom is -0.348 e. The second-order valence-corrected chi connectivity index (χ2v) is 8.08. The standard InChI is InChI=1S/C17H17N3O4S/c21-16(19-14-4-2-1-3-5-14)12-8-13(10-18-9-12)17(22)20-15-6-7-25(23,24)11-15/h1-5,8-10,15H,6-7,11H2,(H,19,21)(H,20,22). The highest BCUT2D eigenvalue weighted by molar-refractivity contribution is 7.91. The highest BCUT2D eigenvalue weighted by Gasteiger charge is 2.29. The summed E-state index contributed by atoms with van der Waals surface area (Å²) >= 11 is 0. The van der Waals surface area contributed by atoms with Crippen LogP contribution >= 0.6 is 0 Å². The summed E-state index contributed by atoms with van der Waals surface area (Å²) in [7, 11) is -3.07. The molecule has 0 saturated carbocycles. The smallest absolute Gasteiger partial charge is 0.257 e. The second-order valence-electron chi connectivity index (χ2n) is 5.86. The molecule has 2 heterocycles. The Morgan fingerprint density at radius 2 is 1.72 bits per heavy atom. The Kier molecular flexibility index (Phi) is 4.80. The zero-order valence-corrected chi connectivity index (χ0v) is 14.1. The number of hydrogen-bond acceptors (Lipinski definition) is 5. The molecule has 7 nitrogen and oxygen atoms in total. The fourth-order valence-corrected chi connectivity index (χ4v) is 4.26. The predicted molar refractivity (Wildman–Crippen MR) is 93.2 cm³/mol. The van der Waals surface area contributed by atoms with E-state index in [-0.39, 0.29) is 28.5 Å². The Hall–Kier alpha value is -2.74. The van der Waals surface area contributed by atoms with Crippen LogP contribution in [0.4, 0.5) is 5.69 Å². The lowest BCUT2D eigenvalue weighted by molar-refractivity contribution is 0.0940.